The first kappa shape index (κ1) is 17.7. The second kappa shape index (κ2) is 6.83. The topological polar surface area (TPSA) is 112 Å². The summed E-state index contributed by atoms with van der Waals surface area (Å²) in [5.41, 5.74) is 3.78. The predicted octanol–water partition coefficient (Wildman–Crippen LogP) is 2.79. The fraction of sp³-hybridized carbons (Fsp3) is 0.154. The Morgan fingerprint density at radius 2 is 2.04 bits per heavy atom. The number of nitro groups is 1. The highest BCUT2D eigenvalue weighted by Crippen LogP contribution is 2.30. The number of carbonyl (C=O) groups excluding carboxylic acids is 1. The summed E-state index contributed by atoms with van der Waals surface area (Å²) in [5, 5.41) is 10.9. The van der Waals surface area contributed by atoms with Gasteiger partial charge in [0.05, 0.1) is 4.92 Å². The van der Waals surface area contributed by atoms with E-state index in [2.05, 4.69) is 9.97 Å². The Kier molecular flexibility index (Phi) is 5.02. The van der Waals surface area contributed by atoms with Crippen molar-refractivity contribution in [2.75, 3.05) is 0 Å². The number of nitro benzene ring substituents is 1. The van der Waals surface area contributed by atoms with Crippen LogP contribution in [0.3, 0.4) is 0 Å². The number of alkyl halides is 3. The lowest BCUT2D eigenvalue weighted by Crippen LogP contribution is -2.11. The first-order valence-corrected chi connectivity index (χ1v) is 7.27. The number of aromatic nitrogens is 2. The second-order valence-electron chi connectivity index (χ2n) is 4.48. The third-order valence-corrected chi connectivity index (χ3v) is 3.76. The van der Waals surface area contributed by atoms with Gasteiger partial charge in [0.1, 0.15) is 5.69 Å². The van der Waals surface area contributed by atoms with E-state index in [9.17, 15) is 28.1 Å². The summed E-state index contributed by atoms with van der Waals surface area (Å²) in [4.78, 5) is 28.5. The average molecular weight is 358 g/mol. The Bertz CT molecular complexity index is 798. The largest absolute Gasteiger partial charge is 0.433 e. The van der Waals surface area contributed by atoms with Crippen LogP contribution in [0.15, 0.2) is 35.6 Å². The van der Waals surface area contributed by atoms with Gasteiger partial charge in [-0.15, -0.1) is 0 Å². The molecule has 0 unspecified atom stereocenters. The minimum Gasteiger partial charge on any atom is -0.366 e. The molecule has 1 aromatic carbocycles. The smallest absolute Gasteiger partial charge is 0.366 e. The fourth-order valence-corrected chi connectivity index (χ4v) is 2.55. The van der Waals surface area contributed by atoms with Crippen molar-refractivity contribution in [3.8, 4) is 0 Å². The van der Waals surface area contributed by atoms with Crippen LogP contribution in [0.2, 0.25) is 0 Å². The molecule has 0 spiro atoms. The molecule has 0 aliphatic rings. The number of hydrogen-bond donors (Lipinski definition) is 1. The lowest BCUT2D eigenvalue weighted by Gasteiger charge is -2.07. The van der Waals surface area contributed by atoms with Crippen LogP contribution in [0.5, 0.6) is 0 Å². The minimum atomic E-state index is -4.60. The summed E-state index contributed by atoms with van der Waals surface area (Å²) in [5.74, 6) is -0.866. The van der Waals surface area contributed by atoms with Crippen molar-refractivity contribution < 1.29 is 22.9 Å². The molecule has 24 heavy (non-hydrogen) atoms. The van der Waals surface area contributed by atoms with Gasteiger partial charge < -0.3 is 5.73 Å². The second-order valence-corrected chi connectivity index (χ2v) is 5.42. The summed E-state index contributed by atoms with van der Waals surface area (Å²) >= 11 is 0.807. The average Bonchev–Trinajstić information content (AvgIpc) is 2.52. The lowest BCUT2D eigenvalue weighted by molar-refractivity contribution is -0.385. The van der Waals surface area contributed by atoms with Crippen LogP contribution in [0.25, 0.3) is 0 Å². The SMILES string of the molecule is NC(=O)c1ccc(CSc2nccc(C(F)(F)F)n2)c([N+](=O)[O-])c1. The Balaban J connectivity index is 2.23. The van der Waals surface area contributed by atoms with Crippen molar-refractivity contribution in [1.82, 2.24) is 9.97 Å². The molecule has 7 nitrogen and oxygen atoms in total. The van der Waals surface area contributed by atoms with Gasteiger partial charge in [-0.1, -0.05) is 17.8 Å². The summed E-state index contributed by atoms with van der Waals surface area (Å²) in [7, 11) is 0. The third kappa shape index (κ3) is 4.19. The first-order chi connectivity index (χ1) is 11.2. The van der Waals surface area contributed by atoms with E-state index in [1.807, 2.05) is 0 Å². The molecule has 0 aliphatic carbocycles. The van der Waals surface area contributed by atoms with Crippen LogP contribution < -0.4 is 5.73 Å². The van der Waals surface area contributed by atoms with Gasteiger partial charge in [0, 0.05) is 29.1 Å². The number of primary amides is 1. The van der Waals surface area contributed by atoms with Gasteiger partial charge in [0.15, 0.2) is 5.16 Å². The number of thioether (sulfide) groups is 1. The molecule has 1 aromatic heterocycles. The summed E-state index contributed by atoms with van der Waals surface area (Å²) in [6, 6.07) is 4.37. The highest BCUT2D eigenvalue weighted by molar-refractivity contribution is 7.98. The zero-order valence-corrected chi connectivity index (χ0v) is 12.6. The fourth-order valence-electron chi connectivity index (χ4n) is 1.72. The Hall–Kier alpha value is -2.69. The number of rotatable bonds is 5. The number of carbonyl (C=O) groups is 1. The normalized spacial score (nSPS) is 11.3. The molecule has 0 saturated carbocycles. The number of nitrogens with two attached hydrogens (primary N) is 1. The van der Waals surface area contributed by atoms with E-state index in [4.69, 9.17) is 5.73 Å². The van der Waals surface area contributed by atoms with E-state index in [0.717, 1.165) is 30.1 Å². The third-order valence-electron chi connectivity index (χ3n) is 2.85. The molecule has 0 bridgehead atoms. The molecular weight excluding hydrogens is 349 g/mol. The predicted molar refractivity (Wildman–Crippen MR) is 78.2 cm³/mol. The van der Waals surface area contributed by atoms with Crippen LogP contribution in [-0.2, 0) is 11.9 Å². The molecule has 0 radical (unpaired) electrons. The lowest BCUT2D eigenvalue weighted by atomic mass is 10.1. The summed E-state index contributed by atoms with van der Waals surface area (Å²) in [6.07, 6.45) is -3.64. The number of amides is 1. The van der Waals surface area contributed by atoms with E-state index in [1.54, 1.807) is 0 Å². The summed E-state index contributed by atoms with van der Waals surface area (Å²) in [6.45, 7) is 0. The molecule has 0 fully saturated rings. The van der Waals surface area contributed by atoms with Crippen molar-refractivity contribution >= 4 is 23.4 Å². The van der Waals surface area contributed by atoms with Crippen molar-refractivity contribution in [2.45, 2.75) is 17.1 Å². The maximum atomic E-state index is 12.6. The van der Waals surface area contributed by atoms with Gasteiger partial charge in [0.2, 0.25) is 5.91 Å². The van der Waals surface area contributed by atoms with Gasteiger partial charge in [-0.05, 0) is 12.1 Å². The minimum absolute atomic E-state index is 0.0363. The maximum Gasteiger partial charge on any atom is 0.433 e. The molecule has 2 N–H and O–H groups in total. The zero-order valence-electron chi connectivity index (χ0n) is 11.8. The molecular formula is C13H9F3N4O3S. The van der Waals surface area contributed by atoms with Crippen LogP contribution in [0.1, 0.15) is 21.6 Å². The number of halogens is 3. The monoisotopic (exact) mass is 358 g/mol. The van der Waals surface area contributed by atoms with Crippen LogP contribution >= 0.6 is 11.8 Å². The van der Waals surface area contributed by atoms with Crippen LogP contribution in [-0.4, -0.2) is 20.8 Å². The van der Waals surface area contributed by atoms with E-state index < -0.39 is 22.7 Å². The standard InChI is InChI=1S/C13H9F3N4O3S/c14-13(15,16)10-3-4-18-12(19-10)24-6-8-2-1-7(11(17)21)5-9(8)20(22)23/h1-5H,6H2,(H2,17,21). The van der Waals surface area contributed by atoms with Crippen molar-refractivity contribution in [3.63, 3.8) is 0 Å². The molecule has 2 rings (SSSR count). The highest BCUT2D eigenvalue weighted by atomic mass is 32.2. The number of benzene rings is 1. The number of nitrogens with zero attached hydrogens (tertiary/aromatic N) is 3. The molecule has 0 aliphatic heterocycles. The molecule has 2 aromatic rings. The molecule has 11 heteroatoms. The quantitative estimate of drug-likeness (QED) is 0.381. The van der Waals surface area contributed by atoms with Gasteiger partial charge >= 0.3 is 6.18 Å². The van der Waals surface area contributed by atoms with Crippen molar-refractivity contribution in [3.05, 3.63) is 57.4 Å². The van der Waals surface area contributed by atoms with Gasteiger partial charge in [0.25, 0.3) is 5.69 Å². The van der Waals surface area contributed by atoms with Crippen molar-refractivity contribution in [1.29, 1.82) is 0 Å². The molecule has 1 amide bonds. The Labute approximate surface area is 137 Å². The van der Waals surface area contributed by atoms with E-state index >= 15 is 0 Å². The van der Waals surface area contributed by atoms with Crippen LogP contribution in [0, 0.1) is 10.1 Å². The van der Waals surface area contributed by atoms with Crippen molar-refractivity contribution in [2.24, 2.45) is 5.73 Å². The first-order valence-electron chi connectivity index (χ1n) is 6.28. The molecule has 126 valence electrons. The molecule has 0 atom stereocenters. The van der Waals surface area contributed by atoms with Crippen LogP contribution in [0.4, 0.5) is 18.9 Å². The molecule has 0 saturated heterocycles. The van der Waals surface area contributed by atoms with E-state index in [1.165, 1.54) is 12.1 Å². The highest BCUT2D eigenvalue weighted by Gasteiger charge is 2.32. The van der Waals surface area contributed by atoms with Gasteiger partial charge in [-0.2, -0.15) is 13.2 Å². The van der Waals surface area contributed by atoms with Gasteiger partial charge in [-0.3, -0.25) is 14.9 Å². The Morgan fingerprint density at radius 1 is 1.33 bits per heavy atom. The number of hydrogen-bond acceptors (Lipinski definition) is 6. The summed E-state index contributed by atoms with van der Waals surface area (Å²) < 4.78 is 37.8. The van der Waals surface area contributed by atoms with E-state index in [0.29, 0.717) is 0 Å². The van der Waals surface area contributed by atoms with Gasteiger partial charge in [-0.25, -0.2) is 9.97 Å². The molecule has 1 heterocycles. The van der Waals surface area contributed by atoms with E-state index in [-0.39, 0.29) is 27.7 Å². The maximum absolute atomic E-state index is 12.6. The zero-order chi connectivity index (χ0) is 17.9. The Morgan fingerprint density at radius 3 is 2.62 bits per heavy atom.